The number of aryl methyl sites for hydroxylation is 1. The van der Waals surface area contributed by atoms with Crippen LogP contribution < -0.4 is 5.32 Å². The van der Waals surface area contributed by atoms with Crippen LogP contribution in [0.4, 0.5) is 5.95 Å². The Hall–Kier alpha value is -2.30. The third-order valence-electron chi connectivity index (χ3n) is 3.18. The summed E-state index contributed by atoms with van der Waals surface area (Å²) in [4.78, 5) is 4.60. The van der Waals surface area contributed by atoms with Gasteiger partial charge < -0.3 is 9.88 Å². The molecule has 19 heavy (non-hydrogen) atoms. The lowest BCUT2D eigenvalue weighted by Crippen LogP contribution is -2.23. The Morgan fingerprint density at radius 1 is 1.26 bits per heavy atom. The maximum atomic E-state index is 4.60. The van der Waals surface area contributed by atoms with Crippen LogP contribution in [0.2, 0.25) is 0 Å². The summed E-state index contributed by atoms with van der Waals surface area (Å²) in [6.07, 6.45) is 3.76. The molecule has 0 aliphatic rings. The normalized spacial score (nSPS) is 12.7. The van der Waals surface area contributed by atoms with E-state index in [4.69, 9.17) is 0 Å². The van der Waals surface area contributed by atoms with Crippen molar-refractivity contribution in [3.05, 3.63) is 42.7 Å². The Kier molecular flexibility index (Phi) is 2.95. The van der Waals surface area contributed by atoms with Crippen molar-refractivity contribution < 1.29 is 0 Å². The molecule has 3 rings (SSSR count). The number of aromatic nitrogens is 4. The molecule has 1 unspecified atom stereocenters. The van der Waals surface area contributed by atoms with Crippen LogP contribution >= 0.6 is 0 Å². The summed E-state index contributed by atoms with van der Waals surface area (Å²) < 4.78 is 4.00. The first-order valence-corrected chi connectivity index (χ1v) is 6.39. The predicted octanol–water partition coefficient (Wildman–Crippen LogP) is 2.27. The number of hydrogen-bond acceptors (Lipinski definition) is 3. The van der Waals surface area contributed by atoms with Gasteiger partial charge in [-0.25, -0.2) is 4.98 Å². The summed E-state index contributed by atoms with van der Waals surface area (Å²) in [7, 11) is 2.03. The highest BCUT2D eigenvalue weighted by atomic mass is 15.3. The molecule has 0 bridgehead atoms. The first-order valence-electron chi connectivity index (χ1n) is 6.39. The van der Waals surface area contributed by atoms with E-state index in [0.29, 0.717) is 0 Å². The molecule has 0 saturated heterocycles. The van der Waals surface area contributed by atoms with E-state index in [1.807, 2.05) is 42.2 Å². The molecule has 0 aliphatic heterocycles. The van der Waals surface area contributed by atoms with Crippen LogP contribution in [0.5, 0.6) is 0 Å². The van der Waals surface area contributed by atoms with Gasteiger partial charge in [-0.2, -0.15) is 5.10 Å². The molecule has 0 saturated carbocycles. The van der Waals surface area contributed by atoms with Crippen molar-refractivity contribution in [2.75, 3.05) is 5.32 Å². The van der Waals surface area contributed by atoms with Gasteiger partial charge in [-0.05, 0) is 25.1 Å². The number of imidazole rings is 1. The zero-order valence-electron chi connectivity index (χ0n) is 11.1. The van der Waals surface area contributed by atoms with Crippen molar-refractivity contribution in [1.29, 1.82) is 0 Å². The van der Waals surface area contributed by atoms with Crippen LogP contribution in [0.3, 0.4) is 0 Å². The predicted molar refractivity (Wildman–Crippen MR) is 76.0 cm³/mol. The number of rotatable bonds is 4. The van der Waals surface area contributed by atoms with Gasteiger partial charge in [0.25, 0.3) is 0 Å². The van der Waals surface area contributed by atoms with Crippen LogP contribution in [0, 0.1) is 0 Å². The molecular formula is C14H17N5. The van der Waals surface area contributed by atoms with Gasteiger partial charge in [-0.15, -0.1) is 0 Å². The number of anilines is 1. The fraction of sp³-hybridized carbons (Fsp3) is 0.286. The Balaban J connectivity index is 1.79. The Morgan fingerprint density at radius 3 is 2.84 bits per heavy atom. The molecule has 5 heteroatoms. The third kappa shape index (κ3) is 2.31. The molecule has 0 fully saturated rings. The minimum Gasteiger partial charge on any atom is -0.351 e. The number of para-hydroxylation sites is 2. The quantitative estimate of drug-likeness (QED) is 0.778. The highest BCUT2D eigenvalue weighted by Crippen LogP contribution is 2.18. The van der Waals surface area contributed by atoms with Gasteiger partial charge in [0.1, 0.15) is 0 Å². The van der Waals surface area contributed by atoms with E-state index in [1.54, 1.807) is 6.20 Å². The van der Waals surface area contributed by atoms with E-state index >= 15 is 0 Å². The van der Waals surface area contributed by atoms with Gasteiger partial charge in [-0.3, -0.25) is 4.68 Å². The molecule has 5 nitrogen and oxygen atoms in total. The second-order valence-corrected chi connectivity index (χ2v) is 4.76. The fourth-order valence-corrected chi connectivity index (χ4v) is 2.23. The summed E-state index contributed by atoms with van der Waals surface area (Å²) in [6.45, 7) is 2.94. The molecule has 98 valence electrons. The average molecular weight is 255 g/mol. The molecule has 3 aromatic rings. The molecule has 2 heterocycles. The monoisotopic (exact) mass is 255 g/mol. The largest absolute Gasteiger partial charge is 0.351 e. The Bertz CT molecular complexity index is 668. The van der Waals surface area contributed by atoms with Crippen LogP contribution in [0.1, 0.15) is 6.92 Å². The molecule has 1 atom stereocenters. The Morgan fingerprint density at radius 2 is 2.11 bits per heavy atom. The van der Waals surface area contributed by atoms with Gasteiger partial charge in [0.2, 0.25) is 5.95 Å². The highest BCUT2D eigenvalue weighted by molar-refractivity contribution is 5.78. The Labute approximate surface area is 111 Å². The summed E-state index contributed by atoms with van der Waals surface area (Å²) in [5.74, 6) is 0.890. The fourth-order valence-electron chi connectivity index (χ4n) is 2.23. The van der Waals surface area contributed by atoms with E-state index in [2.05, 4.69) is 33.0 Å². The minimum atomic E-state index is 0.260. The maximum Gasteiger partial charge on any atom is 0.203 e. The number of fused-ring (bicyclic) bond motifs is 1. The minimum absolute atomic E-state index is 0.260. The van der Waals surface area contributed by atoms with Crippen molar-refractivity contribution >= 4 is 17.0 Å². The zero-order valence-corrected chi connectivity index (χ0v) is 11.1. The number of nitrogens with zero attached hydrogens (tertiary/aromatic N) is 4. The molecule has 0 amide bonds. The van der Waals surface area contributed by atoms with Crippen molar-refractivity contribution in [2.24, 2.45) is 7.05 Å². The lowest BCUT2D eigenvalue weighted by Gasteiger charge is -2.14. The van der Waals surface area contributed by atoms with E-state index in [1.165, 1.54) is 0 Å². The van der Waals surface area contributed by atoms with Gasteiger partial charge in [0.15, 0.2) is 0 Å². The molecule has 2 aromatic heterocycles. The number of benzene rings is 1. The lowest BCUT2D eigenvalue weighted by atomic mass is 10.3. The van der Waals surface area contributed by atoms with E-state index in [0.717, 1.165) is 23.5 Å². The first-order chi connectivity index (χ1) is 9.24. The van der Waals surface area contributed by atoms with E-state index in [-0.39, 0.29) is 6.04 Å². The molecule has 0 aliphatic carbocycles. The second-order valence-electron chi connectivity index (χ2n) is 4.76. The number of hydrogen-bond donors (Lipinski definition) is 1. The summed E-state index contributed by atoms with van der Waals surface area (Å²) in [5, 5.41) is 7.64. The lowest BCUT2D eigenvalue weighted by molar-refractivity contribution is 0.557. The van der Waals surface area contributed by atoms with Crippen molar-refractivity contribution in [3.63, 3.8) is 0 Å². The highest BCUT2D eigenvalue weighted by Gasteiger charge is 2.10. The van der Waals surface area contributed by atoms with Crippen molar-refractivity contribution in [2.45, 2.75) is 19.5 Å². The number of nitrogens with one attached hydrogen (secondary N) is 1. The summed E-state index contributed by atoms with van der Waals surface area (Å²) in [6, 6.07) is 10.3. The summed E-state index contributed by atoms with van der Waals surface area (Å²) >= 11 is 0. The molecule has 0 radical (unpaired) electrons. The first kappa shape index (κ1) is 11.8. The van der Waals surface area contributed by atoms with Crippen molar-refractivity contribution in [3.8, 4) is 0 Å². The zero-order chi connectivity index (χ0) is 13.2. The van der Waals surface area contributed by atoms with Crippen molar-refractivity contribution in [1.82, 2.24) is 19.3 Å². The van der Waals surface area contributed by atoms with E-state index in [9.17, 15) is 0 Å². The summed E-state index contributed by atoms with van der Waals surface area (Å²) in [5.41, 5.74) is 2.15. The van der Waals surface area contributed by atoms with Crippen LogP contribution in [0.15, 0.2) is 42.7 Å². The standard InChI is InChI=1S/C14H17N5/c1-11(10-19-9-5-8-15-19)16-14-17-12-6-3-4-7-13(12)18(14)2/h3-9,11H,10H2,1-2H3,(H,16,17). The SMILES string of the molecule is CC(Cn1cccn1)Nc1nc2ccccc2n1C. The molecule has 1 aromatic carbocycles. The second kappa shape index (κ2) is 4.76. The molecular weight excluding hydrogens is 238 g/mol. The van der Waals surface area contributed by atoms with E-state index < -0.39 is 0 Å². The molecule has 0 spiro atoms. The van der Waals surface area contributed by atoms with Gasteiger partial charge >= 0.3 is 0 Å². The third-order valence-corrected chi connectivity index (χ3v) is 3.18. The average Bonchev–Trinajstić information content (AvgIpc) is 3.00. The van der Waals surface area contributed by atoms with Gasteiger partial charge in [0, 0.05) is 25.5 Å². The van der Waals surface area contributed by atoms with Gasteiger partial charge in [-0.1, -0.05) is 12.1 Å². The topological polar surface area (TPSA) is 47.7 Å². The van der Waals surface area contributed by atoms with Gasteiger partial charge in [0.05, 0.1) is 17.6 Å². The van der Waals surface area contributed by atoms with Crippen LogP contribution in [-0.4, -0.2) is 25.4 Å². The van der Waals surface area contributed by atoms with Crippen LogP contribution in [0.25, 0.3) is 11.0 Å². The smallest absolute Gasteiger partial charge is 0.203 e. The maximum absolute atomic E-state index is 4.60. The molecule has 1 N–H and O–H groups in total. The van der Waals surface area contributed by atoms with Crippen LogP contribution in [-0.2, 0) is 13.6 Å².